The van der Waals surface area contributed by atoms with E-state index in [0.717, 1.165) is 24.7 Å². The fraction of sp³-hybridized carbons (Fsp3) is 0.895. The maximum Gasteiger partial charge on any atom is 0.344 e. The van der Waals surface area contributed by atoms with Crippen molar-refractivity contribution in [3.63, 3.8) is 0 Å². The molecule has 1 atom stereocenters. The minimum absolute atomic E-state index is 0.163. The largest absolute Gasteiger partial charge is 0.456 e. The van der Waals surface area contributed by atoms with Crippen molar-refractivity contribution < 1.29 is 19.1 Å². The van der Waals surface area contributed by atoms with Gasteiger partial charge < -0.3 is 9.47 Å². The van der Waals surface area contributed by atoms with Crippen LogP contribution in [0.5, 0.6) is 0 Å². The van der Waals surface area contributed by atoms with E-state index in [1.165, 1.54) is 32.1 Å². The van der Waals surface area contributed by atoms with E-state index < -0.39 is 0 Å². The summed E-state index contributed by atoms with van der Waals surface area (Å²) in [6.45, 7) is 5.65. The SMILES string of the molecule is CCC(C)C(=O)OCC(=O)OC1(CC)C2CC3CC(C2)CC1C3. The molecule has 4 rings (SSSR count). The second-order valence-electron chi connectivity index (χ2n) is 8.00. The van der Waals surface area contributed by atoms with E-state index in [1.807, 2.05) is 13.8 Å². The van der Waals surface area contributed by atoms with Crippen molar-refractivity contribution in [2.24, 2.45) is 29.6 Å². The Bertz CT molecular complexity index is 442. The minimum Gasteiger partial charge on any atom is -0.456 e. The van der Waals surface area contributed by atoms with E-state index in [2.05, 4.69) is 6.92 Å². The van der Waals surface area contributed by atoms with Crippen molar-refractivity contribution in [3.05, 3.63) is 0 Å². The Morgan fingerprint density at radius 2 is 1.61 bits per heavy atom. The summed E-state index contributed by atoms with van der Waals surface area (Å²) in [5.74, 6) is 1.88. The third-order valence-electron chi connectivity index (χ3n) is 6.72. The van der Waals surface area contributed by atoms with Gasteiger partial charge in [-0.3, -0.25) is 4.79 Å². The van der Waals surface area contributed by atoms with Crippen LogP contribution in [0.3, 0.4) is 0 Å². The molecule has 0 aromatic heterocycles. The van der Waals surface area contributed by atoms with Crippen LogP contribution in [0, 0.1) is 29.6 Å². The summed E-state index contributed by atoms with van der Waals surface area (Å²) in [7, 11) is 0. The molecule has 0 spiro atoms. The van der Waals surface area contributed by atoms with E-state index in [1.54, 1.807) is 0 Å². The lowest BCUT2D eigenvalue weighted by Gasteiger charge is -2.60. The maximum atomic E-state index is 12.3. The highest BCUT2D eigenvalue weighted by Crippen LogP contribution is 2.60. The zero-order valence-electron chi connectivity index (χ0n) is 14.7. The van der Waals surface area contributed by atoms with Crippen molar-refractivity contribution in [2.45, 2.75) is 71.3 Å². The van der Waals surface area contributed by atoms with Gasteiger partial charge in [-0.2, -0.15) is 0 Å². The summed E-state index contributed by atoms with van der Waals surface area (Å²) in [5, 5.41) is 0. The average molecular weight is 322 g/mol. The molecule has 130 valence electrons. The van der Waals surface area contributed by atoms with E-state index in [4.69, 9.17) is 9.47 Å². The Morgan fingerprint density at radius 1 is 1.04 bits per heavy atom. The monoisotopic (exact) mass is 322 g/mol. The Hall–Kier alpha value is -1.06. The molecule has 23 heavy (non-hydrogen) atoms. The van der Waals surface area contributed by atoms with Crippen LogP contribution in [0.25, 0.3) is 0 Å². The van der Waals surface area contributed by atoms with E-state index in [0.29, 0.717) is 11.8 Å². The van der Waals surface area contributed by atoms with Gasteiger partial charge in [-0.05, 0) is 68.6 Å². The van der Waals surface area contributed by atoms with Gasteiger partial charge in [0.15, 0.2) is 6.61 Å². The second-order valence-corrected chi connectivity index (χ2v) is 8.00. The smallest absolute Gasteiger partial charge is 0.344 e. The van der Waals surface area contributed by atoms with Crippen molar-refractivity contribution in [3.8, 4) is 0 Å². The molecule has 4 fully saturated rings. The third-order valence-corrected chi connectivity index (χ3v) is 6.72. The van der Waals surface area contributed by atoms with Crippen molar-refractivity contribution in [2.75, 3.05) is 6.61 Å². The van der Waals surface area contributed by atoms with Gasteiger partial charge in [0.2, 0.25) is 0 Å². The van der Waals surface area contributed by atoms with Crippen molar-refractivity contribution in [1.29, 1.82) is 0 Å². The van der Waals surface area contributed by atoms with Gasteiger partial charge in [-0.1, -0.05) is 20.8 Å². The molecule has 4 aliphatic rings. The van der Waals surface area contributed by atoms with Crippen LogP contribution < -0.4 is 0 Å². The van der Waals surface area contributed by atoms with Gasteiger partial charge in [0, 0.05) is 0 Å². The molecule has 4 aliphatic carbocycles. The highest BCUT2D eigenvalue weighted by atomic mass is 16.6. The summed E-state index contributed by atoms with van der Waals surface area (Å²) in [6.07, 6.45) is 7.82. The van der Waals surface area contributed by atoms with Crippen LogP contribution in [0.15, 0.2) is 0 Å². The van der Waals surface area contributed by atoms with E-state index in [9.17, 15) is 9.59 Å². The van der Waals surface area contributed by atoms with Gasteiger partial charge >= 0.3 is 11.9 Å². The molecule has 1 unspecified atom stereocenters. The quantitative estimate of drug-likeness (QED) is 0.699. The predicted octanol–water partition coefficient (Wildman–Crippen LogP) is 3.72. The Balaban J connectivity index is 1.61. The van der Waals surface area contributed by atoms with Crippen LogP contribution in [0.1, 0.15) is 65.7 Å². The standard InChI is InChI=1S/C19H30O4/c1-4-12(3)18(21)22-11-17(20)23-19(5-2)15-7-13-6-14(9-15)10-16(19)8-13/h12-16H,4-11H2,1-3H3. The number of carbonyl (C=O) groups excluding carboxylic acids is 2. The van der Waals surface area contributed by atoms with Crippen LogP contribution in [-0.4, -0.2) is 24.1 Å². The van der Waals surface area contributed by atoms with Gasteiger partial charge in [0.05, 0.1) is 5.92 Å². The third kappa shape index (κ3) is 3.01. The summed E-state index contributed by atoms with van der Waals surface area (Å²) < 4.78 is 11.1. The van der Waals surface area contributed by atoms with Gasteiger partial charge in [0.1, 0.15) is 5.60 Å². The molecule has 4 heteroatoms. The fourth-order valence-electron chi connectivity index (χ4n) is 5.48. The first kappa shape index (κ1) is 16.8. The van der Waals surface area contributed by atoms with Crippen molar-refractivity contribution in [1.82, 2.24) is 0 Å². The molecule has 0 aliphatic heterocycles. The molecule has 0 radical (unpaired) electrons. The lowest BCUT2D eigenvalue weighted by atomic mass is 9.49. The number of rotatable bonds is 6. The van der Waals surface area contributed by atoms with Crippen molar-refractivity contribution >= 4 is 11.9 Å². The predicted molar refractivity (Wildman–Crippen MR) is 86.6 cm³/mol. The van der Waals surface area contributed by atoms with E-state index >= 15 is 0 Å². The molecule has 4 nitrogen and oxygen atoms in total. The number of esters is 2. The zero-order valence-corrected chi connectivity index (χ0v) is 14.7. The van der Waals surface area contributed by atoms with Gasteiger partial charge in [-0.25, -0.2) is 4.79 Å². The summed E-state index contributed by atoms with van der Waals surface area (Å²) in [4.78, 5) is 24.1. The summed E-state index contributed by atoms with van der Waals surface area (Å²) >= 11 is 0. The van der Waals surface area contributed by atoms with E-state index in [-0.39, 0.29) is 30.1 Å². The average Bonchev–Trinajstić information content (AvgIpc) is 2.54. The molecule has 0 N–H and O–H groups in total. The Morgan fingerprint density at radius 3 is 2.09 bits per heavy atom. The van der Waals surface area contributed by atoms with Crippen LogP contribution in [0.4, 0.5) is 0 Å². The molecule has 0 saturated heterocycles. The molecular weight excluding hydrogens is 292 g/mol. The number of hydrogen-bond acceptors (Lipinski definition) is 4. The zero-order chi connectivity index (χ0) is 16.6. The Labute approximate surface area is 139 Å². The highest BCUT2D eigenvalue weighted by molar-refractivity contribution is 5.77. The highest BCUT2D eigenvalue weighted by Gasteiger charge is 2.58. The molecule has 0 heterocycles. The topological polar surface area (TPSA) is 52.6 Å². The normalized spacial score (nSPS) is 39.1. The molecule has 4 bridgehead atoms. The number of hydrogen-bond donors (Lipinski definition) is 0. The summed E-state index contributed by atoms with van der Waals surface area (Å²) in [6, 6.07) is 0. The first-order chi connectivity index (χ1) is 11.0. The van der Waals surface area contributed by atoms with Gasteiger partial charge in [-0.15, -0.1) is 0 Å². The van der Waals surface area contributed by atoms with Crippen LogP contribution in [0.2, 0.25) is 0 Å². The fourth-order valence-corrected chi connectivity index (χ4v) is 5.48. The van der Waals surface area contributed by atoms with Crippen LogP contribution >= 0.6 is 0 Å². The second kappa shape index (κ2) is 6.45. The Kier molecular flexibility index (Phi) is 4.70. The maximum absolute atomic E-state index is 12.3. The molecule has 0 aromatic carbocycles. The summed E-state index contributed by atoms with van der Waals surface area (Å²) in [5.41, 5.74) is -0.298. The first-order valence-corrected chi connectivity index (χ1v) is 9.36. The lowest BCUT2D eigenvalue weighted by molar-refractivity contribution is -0.214. The number of carbonyl (C=O) groups is 2. The molecular formula is C19H30O4. The minimum atomic E-state index is -0.365. The lowest BCUT2D eigenvalue weighted by Crippen LogP contribution is -2.59. The molecule has 0 aromatic rings. The van der Waals surface area contributed by atoms with Crippen LogP contribution in [-0.2, 0) is 19.1 Å². The molecule has 0 amide bonds. The first-order valence-electron chi connectivity index (χ1n) is 9.36. The number of ether oxygens (including phenoxy) is 2. The van der Waals surface area contributed by atoms with Gasteiger partial charge in [0.25, 0.3) is 0 Å². The molecule has 4 saturated carbocycles.